The number of nitrogens with zero attached hydrogens (tertiary/aromatic N) is 3. The van der Waals surface area contributed by atoms with Crippen molar-refractivity contribution >= 4 is 5.91 Å². The minimum absolute atomic E-state index is 0.0259. The summed E-state index contributed by atoms with van der Waals surface area (Å²) in [5, 5.41) is 0. The van der Waals surface area contributed by atoms with Crippen molar-refractivity contribution in [3.63, 3.8) is 0 Å². The predicted molar refractivity (Wildman–Crippen MR) is 90.2 cm³/mol. The van der Waals surface area contributed by atoms with E-state index in [1.165, 1.54) is 6.07 Å². The second-order valence-corrected chi connectivity index (χ2v) is 6.07. The Hall–Kier alpha value is -2.63. The molecule has 6 heteroatoms. The van der Waals surface area contributed by atoms with Crippen molar-refractivity contribution in [3.8, 4) is 5.75 Å². The summed E-state index contributed by atoms with van der Waals surface area (Å²) >= 11 is 0. The van der Waals surface area contributed by atoms with Gasteiger partial charge in [-0.05, 0) is 25.1 Å². The molecule has 1 amide bonds. The highest BCUT2D eigenvalue weighted by Gasteiger charge is 2.24. The van der Waals surface area contributed by atoms with Crippen LogP contribution in [-0.2, 0) is 7.05 Å². The van der Waals surface area contributed by atoms with Gasteiger partial charge in [-0.3, -0.25) is 14.6 Å². The number of aryl methyl sites for hydroxylation is 1. The number of rotatable bonds is 3. The number of likely N-dealkylation sites (tertiary alicyclic amines) is 1. The van der Waals surface area contributed by atoms with Crippen molar-refractivity contribution in [1.82, 2.24) is 14.5 Å². The average Bonchev–Trinajstić information content (AvgIpc) is 2.60. The van der Waals surface area contributed by atoms with E-state index in [4.69, 9.17) is 4.74 Å². The van der Waals surface area contributed by atoms with E-state index in [9.17, 15) is 9.59 Å². The molecule has 24 heavy (non-hydrogen) atoms. The Labute approximate surface area is 140 Å². The molecule has 0 atom stereocenters. The third kappa shape index (κ3) is 3.48. The van der Waals surface area contributed by atoms with Gasteiger partial charge in [0, 0.05) is 62.7 Å². The van der Waals surface area contributed by atoms with Crippen LogP contribution in [0.15, 0.2) is 41.5 Å². The number of carbonyl (C=O) groups excluding carboxylic acids is 1. The Bertz CT molecular complexity index is 778. The third-order valence-corrected chi connectivity index (χ3v) is 4.44. The number of hydrogen-bond donors (Lipinski definition) is 0. The van der Waals surface area contributed by atoms with Gasteiger partial charge in [-0.25, -0.2) is 0 Å². The Morgan fingerprint density at radius 2 is 1.88 bits per heavy atom. The second-order valence-electron chi connectivity index (χ2n) is 6.07. The Morgan fingerprint density at radius 1 is 1.21 bits per heavy atom. The van der Waals surface area contributed by atoms with Gasteiger partial charge in [0.2, 0.25) is 0 Å². The van der Waals surface area contributed by atoms with Crippen molar-refractivity contribution in [3.05, 3.63) is 58.3 Å². The van der Waals surface area contributed by atoms with E-state index in [0.717, 1.165) is 18.5 Å². The maximum Gasteiger partial charge on any atom is 0.254 e. The minimum Gasteiger partial charge on any atom is -0.490 e. The summed E-state index contributed by atoms with van der Waals surface area (Å²) in [6.07, 6.45) is 4.79. The Balaban J connectivity index is 1.59. The lowest BCUT2D eigenvalue weighted by atomic mass is 10.1. The SMILES string of the molecule is Cc1cc(OC2CCN(C(=O)c3ccncc3)CC2)cc(=O)n1C. The first-order valence-electron chi connectivity index (χ1n) is 8.08. The quantitative estimate of drug-likeness (QED) is 0.862. The molecule has 0 aliphatic carbocycles. The molecule has 1 saturated heterocycles. The molecule has 2 aromatic rings. The van der Waals surface area contributed by atoms with Crippen LogP contribution in [0.5, 0.6) is 5.75 Å². The fourth-order valence-corrected chi connectivity index (χ4v) is 2.85. The lowest BCUT2D eigenvalue weighted by Crippen LogP contribution is -2.41. The molecule has 3 rings (SSSR count). The first-order valence-corrected chi connectivity index (χ1v) is 8.08. The van der Waals surface area contributed by atoms with Gasteiger partial charge in [-0.1, -0.05) is 0 Å². The summed E-state index contributed by atoms with van der Waals surface area (Å²) in [5.41, 5.74) is 1.45. The summed E-state index contributed by atoms with van der Waals surface area (Å²) in [5.74, 6) is 0.634. The molecule has 126 valence electrons. The smallest absolute Gasteiger partial charge is 0.254 e. The summed E-state index contributed by atoms with van der Waals surface area (Å²) < 4.78 is 7.53. The lowest BCUT2D eigenvalue weighted by Gasteiger charge is -2.32. The topological polar surface area (TPSA) is 64.4 Å². The van der Waals surface area contributed by atoms with Gasteiger partial charge >= 0.3 is 0 Å². The molecule has 0 radical (unpaired) electrons. The molecular weight excluding hydrogens is 306 g/mol. The van der Waals surface area contributed by atoms with E-state index in [1.54, 1.807) is 36.1 Å². The number of hydrogen-bond acceptors (Lipinski definition) is 4. The van der Waals surface area contributed by atoms with E-state index in [0.29, 0.717) is 24.4 Å². The second kappa shape index (κ2) is 6.86. The molecule has 0 aromatic carbocycles. The van der Waals surface area contributed by atoms with Gasteiger partial charge in [0.15, 0.2) is 0 Å². The van der Waals surface area contributed by atoms with E-state index >= 15 is 0 Å². The zero-order chi connectivity index (χ0) is 17.1. The van der Waals surface area contributed by atoms with Crippen LogP contribution >= 0.6 is 0 Å². The molecule has 6 nitrogen and oxygen atoms in total. The average molecular weight is 327 g/mol. The fourth-order valence-electron chi connectivity index (χ4n) is 2.85. The van der Waals surface area contributed by atoms with E-state index in [-0.39, 0.29) is 17.6 Å². The first-order chi connectivity index (χ1) is 11.5. The highest BCUT2D eigenvalue weighted by atomic mass is 16.5. The van der Waals surface area contributed by atoms with Crippen LogP contribution in [-0.4, -0.2) is 39.6 Å². The molecule has 0 spiro atoms. The molecule has 0 unspecified atom stereocenters. The van der Waals surface area contributed by atoms with Crippen LogP contribution in [0.25, 0.3) is 0 Å². The highest BCUT2D eigenvalue weighted by Crippen LogP contribution is 2.19. The Morgan fingerprint density at radius 3 is 2.50 bits per heavy atom. The number of aromatic nitrogens is 2. The van der Waals surface area contributed by atoms with E-state index in [1.807, 2.05) is 17.9 Å². The standard InChI is InChI=1S/C18H21N3O3/c1-13-11-16(12-17(22)20(13)2)24-15-5-9-21(10-6-15)18(23)14-3-7-19-8-4-14/h3-4,7-8,11-12,15H,5-6,9-10H2,1-2H3. The van der Waals surface area contributed by atoms with E-state index in [2.05, 4.69) is 4.98 Å². The van der Waals surface area contributed by atoms with Gasteiger partial charge in [0.25, 0.3) is 11.5 Å². The number of piperidine rings is 1. The van der Waals surface area contributed by atoms with Crippen molar-refractivity contribution < 1.29 is 9.53 Å². The largest absolute Gasteiger partial charge is 0.490 e. The van der Waals surface area contributed by atoms with Gasteiger partial charge in [0.1, 0.15) is 11.9 Å². The number of carbonyl (C=O) groups is 1. The summed E-state index contributed by atoms with van der Waals surface area (Å²) in [6.45, 7) is 3.18. The van der Waals surface area contributed by atoms with E-state index < -0.39 is 0 Å². The molecule has 1 fully saturated rings. The van der Waals surface area contributed by atoms with Crippen molar-refractivity contribution in [2.24, 2.45) is 7.05 Å². The highest BCUT2D eigenvalue weighted by molar-refractivity contribution is 5.94. The first kappa shape index (κ1) is 16.2. The van der Waals surface area contributed by atoms with Gasteiger partial charge in [-0.2, -0.15) is 0 Å². The molecule has 0 N–H and O–H groups in total. The van der Waals surface area contributed by atoms with Gasteiger partial charge < -0.3 is 14.2 Å². The molecular formula is C18H21N3O3. The van der Waals surface area contributed by atoms with Crippen LogP contribution in [0, 0.1) is 6.92 Å². The minimum atomic E-state index is -0.0738. The number of amides is 1. The van der Waals surface area contributed by atoms with Crippen LogP contribution in [0.1, 0.15) is 28.9 Å². The zero-order valence-corrected chi connectivity index (χ0v) is 13.9. The normalized spacial score (nSPS) is 15.3. The molecule has 1 aliphatic rings. The molecule has 1 aliphatic heterocycles. The number of ether oxygens (including phenoxy) is 1. The van der Waals surface area contributed by atoms with Crippen LogP contribution in [0.2, 0.25) is 0 Å². The third-order valence-electron chi connectivity index (χ3n) is 4.44. The summed E-state index contributed by atoms with van der Waals surface area (Å²) in [6, 6.07) is 6.85. The molecule has 0 saturated carbocycles. The fraction of sp³-hybridized carbons (Fsp3) is 0.389. The van der Waals surface area contributed by atoms with Gasteiger partial charge in [0.05, 0.1) is 0 Å². The predicted octanol–water partition coefficient (Wildman–Crippen LogP) is 1.77. The zero-order valence-electron chi connectivity index (χ0n) is 13.9. The van der Waals surface area contributed by atoms with Crippen LogP contribution < -0.4 is 10.3 Å². The van der Waals surface area contributed by atoms with Crippen molar-refractivity contribution in [2.75, 3.05) is 13.1 Å². The van der Waals surface area contributed by atoms with Crippen LogP contribution in [0.3, 0.4) is 0 Å². The van der Waals surface area contributed by atoms with Crippen molar-refractivity contribution in [2.45, 2.75) is 25.9 Å². The molecule has 2 aromatic heterocycles. The maximum atomic E-state index is 12.4. The van der Waals surface area contributed by atoms with Crippen LogP contribution in [0.4, 0.5) is 0 Å². The maximum absolute atomic E-state index is 12.4. The van der Waals surface area contributed by atoms with Crippen molar-refractivity contribution in [1.29, 1.82) is 0 Å². The Kier molecular flexibility index (Phi) is 4.64. The lowest BCUT2D eigenvalue weighted by molar-refractivity contribution is 0.0595. The monoisotopic (exact) mass is 327 g/mol. The summed E-state index contributed by atoms with van der Waals surface area (Å²) in [4.78, 5) is 30.0. The summed E-state index contributed by atoms with van der Waals surface area (Å²) in [7, 11) is 1.74. The van der Waals surface area contributed by atoms with Gasteiger partial charge in [-0.15, -0.1) is 0 Å². The molecule has 3 heterocycles. The molecule has 0 bridgehead atoms. The number of pyridine rings is 2.